The van der Waals surface area contributed by atoms with Gasteiger partial charge in [0.2, 0.25) is 5.82 Å². The van der Waals surface area contributed by atoms with Crippen LogP contribution < -0.4 is 5.32 Å². The predicted octanol–water partition coefficient (Wildman–Crippen LogP) is 1.74. The van der Waals surface area contributed by atoms with E-state index in [0.717, 1.165) is 0 Å². The monoisotopic (exact) mass is 251 g/mol. The molecule has 1 rings (SSSR count). The number of carboxylic acid groups (broad SMARTS) is 1. The summed E-state index contributed by atoms with van der Waals surface area (Å²) in [5.74, 6) is -1.17. The standard InChI is InChI=1S/C11H13N3O4/c1-3-4-8(11(15)16)13-10-9(14(17)18)7(2)5-6-12-10/h3,5-6,8H,1,4H2,2H3,(H,12,13)(H,15,16). The zero-order valence-electron chi connectivity index (χ0n) is 9.79. The quantitative estimate of drug-likeness (QED) is 0.453. The van der Waals surface area contributed by atoms with E-state index in [9.17, 15) is 14.9 Å². The van der Waals surface area contributed by atoms with Crippen LogP contribution in [0, 0.1) is 17.0 Å². The second-order valence-electron chi connectivity index (χ2n) is 3.64. The van der Waals surface area contributed by atoms with E-state index < -0.39 is 16.9 Å². The molecule has 0 saturated heterocycles. The summed E-state index contributed by atoms with van der Waals surface area (Å²) < 4.78 is 0. The normalized spacial score (nSPS) is 11.6. The number of nitro groups is 1. The highest BCUT2D eigenvalue weighted by Crippen LogP contribution is 2.26. The summed E-state index contributed by atoms with van der Waals surface area (Å²) in [5, 5.41) is 22.4. The highest BCUT2D eigenvalue weighted by Gasteiger charge is 2.23. The molecule has 0 aliphatic heterocycles. The molecule has 0 aliphatic carbocycles. The first-order valence-electron chi connectivity index (χ1n) is 5.17. The molecule has 1 heterocycles. The van der Waals surface area contributed by atoms with E-state index in [4.69, 9.17) is 5.11 Å². The summed E-state index contributed by atoms with van der Waals surface area (Å²) in [4.78, 5) is 25.1. The molecule has 0 radical (unpaired) electrons. The lowest BCUT2D eigenvalue weighted by Gasteiger charge is -2.13. The molecule has 18 heavy (non-hydrogen) atoms. The number of aromatic nitrogens is 1. The van der Waals surface area contributed by atoms with Crippen LogP contribution in [0.3, 0.4) is 0 Å². The van der Waals surface area contributed by atoms with Crippen molar-refractivity contribution in [2.24, 2.45) is 0 Å². The van der Waals surface area contributed by atoms with E-state index in [1.165, 1.54) is 18.3 Å². The molecule has 96 valence electrons. The lowest BCUT2D eigenvalue weighted by atomic mass is 10.2. The van der Waals surface area contributed by atoms with Crippen molar-refractivity contribution in [3.05, 3.63) is 40.6 Å². The van der Waals surface area contributed by atoms with Gasteiger partial charge in [-0.25, -0.2) is 9.78 Å². The molecule has 1 aromatic rings. The number of hydrogen-bond acceptors (Lipinski definition) is 5. The van der Waals surface area contributed by atoms with Crippen molar-refractivity contribution >= 4 is 17.5 Å². The van der Waals surface area contributed by atoms with Crippen molar-refractivity contribution < 1.29 is 14.8 Å². The zero-order valence-corrected chi connectivity index (χ0v) is 9.79. The minimum absolute atomic E-state index is 0.0470. The number of nitrogens with zero attached hydrogens (tertiary/aromatic N) is 2. The summed E-state index contributed by atoms with van der Waals surface area (Å²) >= 11 is 0. The Morgan fingerprint density at radius 1 is 1.78 bits per heavy atom. The molecule has 0 amide bonds. The van der Waals surface area contributed by atoms with Crippen molar-refractivity contribution in [2.45, 2.75) is 19.4 Å². The molecule has 0 fully saturated rings. The molecule has 7 heteroatoms. The Bertz CT molecular complexity index is 487. The van der Waals surface area contributed by atoms with Crippen LogP contribution in [0.1, 0.15) is 12.0 Å². The van der Waals surface area contributed by atoms with Gasteiger partial charge in [0.25, 0.3) is 0 Å². The fourth-order valence-electron chi connectivity index (χ4n) is 1.44. The average molecular weight is 251 g/mol. The number of pyridine rings is 1. The third-order valence-corrected chi connectivity index (χ3v) is 2.32. The van der Waals surface area contributed by atoms with Gasteiger partial charge in [-0.05, 0) is 19.4 Å². The molecule has 0 aliphatic rings. The van der Waals surface area contributed by atoms with E-state index >= 15 is 0 Å². The van der Waals surface area contributed by atoms with Gasteiger partial charge in [-0.1, -0.05) is 6.08 Å². The molecule has 0 aromatic carbocycles. The SMILES string of the molecule is C=CCC(Nc1nccc(C)c1[N+](=O)[O-])C(=O)O. The fraction of sp³-hybridized carbons (Fsp3) is 0.273. The van der Waals surface area contributed by atoms with Crippen molar-refractivity contribution in [1.29, 1.82) is 0 Å². The van der Waals surface area contributed by atoms with E-state index in [0.29, 0.717) is 5.56 Å². The van der Waals surface area contributed by atoms with Gasteiger partial charge in [0.15, 0.2) is 0 Å². The van der Waals surface area contributed by atoms with Gasteiger partial charge < -0.3 is 10.4 Å². The number of rotatable bonds is 6. The topological polar surface area (TPSA) is 105 Å². The molecule has 7 nitrogen and oxygen atoms in total. The number of hydrogen-bond donors (Lipinski definition) is 2. The van der Waals surface area contributed by atoms with Gasteiger partial charge >= 0.3 is 11.7 Å². The Hall–Kier alpha value is -2.44. The van der Waals surface area contributed by atoms with E-state index in [-0.39, 0.29) is 17.9 Å². The third-order valence-electron chi connectivity index (χ3n) is 2.32. The second kappa shape index (κ2) is 5.76. The van der Waals surface area contributed by atoms with E-state index in [1.807, 2.05) is 0 Å². The van der Waals surface area contributed by atoms with Gasteiger partial charge in [-0.2, -0.15) is 0 Å². The maximum absolute atomic E-state index is 11.0. The number of aliphatic carboxylic acids is 1. The first-order valence-corrected chi connectivity index (χ1v) is 5.17. The average Bonchev–Trinajstić information content (AvgIpc) is 2.27. The fourth-order valence-corrected chi connectivity index (χ4v) is 1.44. The number of aryl methyl sites for hydroxylation is 1. The van der Waals surface area contributed by atoms with Crippen molar-refractivity contribution in [1.82, 2.24) is 4.98 Å². The van der Waals surface area contributed by atoms with Crippen LogP contribution in [0.15, 0.2) is 24.9 Å². The van der Waals surface area contributed by atoms with Crippen molar-refractivity contribution in [3.8, 4) is 0 Å². The molecule has 2 N–H and O–H groups in total. The first kappa shape index (κ1) is 13.6. The zero-order chi connectivity index (χ0) is 13.7. The number of anilines is 1. The smallest absolute Gasteiger partial charge is 0.326 e. The first-order chi connectivity index (χ1) is 8.47. The predicted molar refractivity (Wildman–Crippen MR) is 65.5 cm³/mol. The lowest BCUT2D eigenvalue weighted by molar-refractivity contribution is -0.384. The summed E-state index contributed by atoms with van der Waals surface area (Å²) in [6.45, 7) is 5.01. The summed E-state index contributed by atoms with van der Waals surface area (Å²) in [6.07, 6.45) is 2.95. The second-order valence-corrected chi connectivity index (χ2v) is 3.64. The number of nitrogens with one attached hydrogen (secondary N) is 1. The Morgan fingerprint density at radius 2 is 2.44 bits per heavy atom. The van der Waals surface area contributed by atoms with Crippen LogP contribution in [0.4, 0.5) is 11.5 Å². The number of carbonyl (C=O) groups is 1. The third kappa shape index (κ3) is 3.03. The Morgan fingerprint density at radius 3 is 2.94 bits per heavy atom. The maximum Gasteiger partial charge on any atom is 0.326 e. The van der Waals surface area contributed by atoms with E-state index in [1.54, 1.807) is 6.92 Å². The molecular formula is C11H13N3O4. The summed E-state index contributed by atoms with van der Waals surface area (Å²) in [7, 11) is 0. The van der Waals surface area contributed by atoms with Crippen LogP contribution in [0.25, 0.3) is 0 Å². The van der Waals surface area contributed by atoms with Crippen LogP contribution in [0.5, 0.6) is 0 Å². The summed E-state index contributed by atoms with van der Waals surface area (Å²) in [6, 6.07) is 0.502. The van der Waals surface area contributed by atoms with Crippen LogP contribution in [-0.4, -0.2) is 27.0 Å². The summed E-state index contributed by atoms with van der Waals surface area (Å²) in [5.41, 5.74) is 0.202. The minimum Gasteiger partial charge on any atom is -0.480 e. The molecule has 0 bridgehead atoms. The van der Waals surface area contributed by atoms with Gasteiger partial charge in [0, 0.05) is 11.8 Å². The number of carboxylic acids is 1. The molecule has 0 spiro atoms. The van der Waals surface area contributed by atoms with Gasteiger partial charge in [0.1, 0.15) is 6.04 Å². The highest BCUT2D eigenvalue weighted by molar-refractivity contribution is 5.78. The molecule has 1 atom stereocenters. The largest absolute Gasteiger partial charge is 0.480 e. The lowest BCUT2D eigenvalue weighted by Crippen LogP contribution is -2.29. The Kier molecular flexibility index (Phi) is 4.36. The minimum atomic E-state index is -1.12. The van der Waals surface area contributed by atoms with Gasteiger partial charge in [-0.15, -0.1) is 6.58 Å². The molecule has 1 unspecified atom stereocenters. The van der Waals surface area contributed by atoms with Crippen LogP contribution in [-0.2, 0) is 4.79 Å². The van der Waals surface area contributed by atoms with Gasteiger partial charge in [0.05, 0.1) is 4.92 Å². The highest BCUT2D eigenvalue weighted by atomic mass is 16.6. The molecular weight excluding hydrogens is 238 g/mol. The van der Waals surface area contributed by atoms with Crippen molar-refractivity contribution in [2.75, 3.05) is 5.32 Å². The Balaban J connectivity index is 3.09. The van der Waals surface area contributed by atoms with Crippen LogP contribution in [0.2, 0.25) is 0 Å². The Labute approximate surface area is 103 Å². The maximum atomic E-state index is 11.0. The van der Waals surface area contributed by atoms with Crippen molar-refractivity contribution in [3.63, 3.8) is 0 Å². The molecule has 1 aromatic heterocycles. The van der Waals surface area contributed by atoms with Gasteiger partial charge in [-0.3, -0.25) is 10.1 Å². The van der Waals surface area contributed by atoms with E-state index in [2.05, 4.69) is 16.9 Å². The van der Waals surface area contributed by atoms with Crippen LogP contribution >= 0.6 is 0 Å². The molecule has 0 saturated carbocycles.